The van der Waals surface area contributed by atoms with Crippen molar-refractivity contribution in [2.45, 2.75) is 25.4 Å². The van der Waals surface area contributed by atoms with Gasteiger partial charge in [0.15, 0.2) is 0 Å². The van der Waals surface area contributed by atoms with Crippen molar-refractivity contribution >= 4 is 21.6 Å². The van der Waals surface area contributed by atoms with E-state index in [9.17, 15) is 0 Å². The average molecular weight is 277 g/mol. The molecule has 3 rings (SSSR count). The molecule has 1 aromatic heterocycles. The Hall–Kier alpha value is -1.17. The van der Waals surface area contributed by atoms with E-state index in [2.05, 4.69) is 16.0 Å². The number of fused-ring (bicyclic) bond motifs is 1. The van der Waals surface area contributed by atoms with Gasteiger partial charge >= 0.3 is 0 Å². The average Bonchev–Trinajstić information content (AvgIpc) is 2.79. The summed E-state index contributed by atoms with van der Waals surface area (Å²) >= 11 is 1.75. The third kappa shape index (κ3) is 2.88. The Kier molecular flexibility index (Phi) is 3.68. The van der Waals surface area contributed by atoms with Crippen LogP contribution in [0.4, 0.5) is 0 Å². The van der Waals surface area contributed by atoms with Crippen LogP contribution in [0.5, 0.6) is 5.75 Å². The lowest BCUT2D eigenvalue weighted by atomic mass is 10.1. The highest BCUT2D eigenvalue weighted by Crippen LogP contribution is 2.27. The molecule has 1 saturated heterocycles. The number of piperidine rings is 1. The van der Waals surface area contributed by atoms with Crippen LogP contribution >= 0.6 is 11.3 Å². The van der Waals surface area contributed by atoms with Gasteiger partial charge in [0.2, 0.25) is 0 Å². The second kappa shape index (κ2) is 5.45. The molecule has 2 N–H and O–H groups in total. The summed E-state index contributed by atoms with van der Waals surface area (Å²) in [6, 6.07) is 6.36. The number of methoxy groups -OCH3 is 1. The fraction of sp³-hybridized carbons (Fsp3) is 0.500. The predicted molar refractivity (Wildman–Crippen MR) is 78.7 cm³/mol. The SMILES string of the molecule is COc1ccc2nc(CN3CCC[C@@H](N)C3)sc2c1. The first kappa shape index (κ1) is 12.8. The molecule has 2 heterocycles. The molecule has 0 radical (unpaired) electrons. The number of nitrogens with two attached hydrogens (primary N) is 1. The van der Waals surface area contributed by atoms with Gasteiger partial charge in [-0.05, 0) is 37.6 Å². The van der Waals surface area contributed by atoms with Gasteiger partial charge in [0, 0.05) is 12.6 Å². The van der Waals surface area contributed by atoms with E-state index in [1.165, 1.54) is 11.1 Å². The zero-order chi connectivity index (χ0) is 13.2. The van der Waals surface area contributed by atoms with Crippen molar-refractivity contribution in [3.63, 3.8) is 0 Å². The zero-order valence-corrected chi connectivity index (χ0v) is 11.9. The molecule has 0 unspecified atom stereocenters. The van der Waals surface area contributed by atoms with Crippen LogP contribution in [0.25, 0.3) is 10.2 Å². The predicted octanol–water partition coefficient (Wildman–Crippen LogP) is 2.23. The second-order valence-electron chi connectivity index (χ2n) is 5.08. The number of aromatic nitrogens is 1. The highest BCUT2D eigenvalue weighted by Gasteiger charge is 2.18. The standard InChI is InChI=1S/C14H19N3OS/c1-18-11-4-5-12-13(7-11)19-14(16-12)9-17-6-2-3-10(15)8-17/h4-5,7,10H,2-3,6,8-9,15H2,1H3/t10-/m1/s1. The highest BCUT2D eigenvalue weighted by atomic mass is 32.1. The van der Waals surface area contributed by atoms with Crippen molar-refractivity contribution in [3.8, 4) is 5.75 Å². The maximum Gasteiger partial charge on any atom is 0.120 e. The van der Waals surface area contributed by atoms with Gasteiger partial charge < -0.3 is 10.5 Å². The monoisotopic (exact) mass is 277 g/mol. The summed E-state index contributed by atoms with van der Waals surface area (Å²) in [6.07, 6.45) is 2.34. The summed E-state index contributed by atoms with van der Waals surface area (Å²) in [5, 5.41) is 1.16. The van der Waals surface area contributed by atoms with Crippen molar-refractivity contribution in [2.24, 2.45) is 5.73 Å². The third-order valence-corrected chi connectivity index (χ3v) is 4.54. The van der Waals surface area contributed by atoms with Gasteiger partial charge in [0.1, 0.15) is 10.8 Å². The Morgan fingerprint density at radius 2 is 2.42 bits per heavy atom. The van der Waals surface area contributed by atoms with E-state index in [1.54, 1.807) is 18.4 Å². The Balaban J connectivity index is 1.77. The summed E-state index contributed by atoms with van der Waals surface area (Å²) < 4.78 is 6.44. The van der Waals surface area contributed by atoms with Crippen molar-refractivity contribution in [1.82, 2.24) is 9.88 Å². The van der Waals surface area contributed by atoms with Gasteiger partial charge in [-0.2, -0.15) is 0 Å². The van der Waals surface area contributed by atoms with Gasteiger partial charge in [-0.3, -0.25) is 4.90 Å². The van der Waals surface area contributed by atoms with Crippen LogP contribution < -0.4 is 10.5 Å². The van der Waals surface area contributed by atoms with Crippen LogP contribution in [-0.2, 0) is 6.54 Å². The van der Waals surface area contributed by atoms with Crippen LogP contribution in [0, 0.1) is 0 Å². The molecule has 19 heavy (non-hydrogen) atoms. The molecule has 0 spiro atoms. The molecular weight excluding hydrogens is 258 g/mol. The number of thiazole rings is 1. The van der Waals surface area contributed by atoms with E-state index < -0.39 is 0 Å². The van der Waals surface area contributed by atoms with E-state index in [1.807, 2.05) is 12.1 Å². The van der Waals surface area contributed by atoms with Crippen molar-refractivity contribution in [3.05, 3.63) is 23.2 Å². The fourth-order valence-electron chi connectivity index (χ4n) is 2.57. The quantitative estimate of drug-likeness (QED) is 0.934. The lowest BCUT2D eigenvalue weighted by Crippen LogP contribution is -2.42. The minimum Gasteiger partial charge on any atom is -0.497 e. The van der Waals surface area contributed by atoms with E-state index >= 15 is 0 Å². The van der Waals surface area contributed by atoms with E-state index in [-0.39, 0.29) is 0 Å². The molecule has 0 amide bonds. The smallest absolute Gasteiger partial charge is 0.120 e. The zero-order valence-electron chi connectivity index (χ0n) is 11.1. The number of benzene rings is 1. The number of rotatable bonds is 3. The highest BCUT2D eigenvalue weighted by molar-refractivity contribution is 7.18. The second-order valence-corrected chi connectivity index (χ2v) is 6.19. The van der Waals surface area contributed by atoms with Crippen LogP contribution in [0.2, 0.25) is 0 Å². The first-order valence-corrected chi connectivity index (χ1v) is 7.47. The fourth-order valence-corrected chi connectivity index (χ4v) is 3.61. The Morgan fingerprint density at radius 1 is 1.53 bits per heavy atom. The third-order valence-electron chi connectivity index (χ3n) is 3.54. The lowest BCUT2D eigenvalue weighted by molar-refractivity contribution is 0.201. The minimum atomic E-state index is 0.322. The minimum absolute atomic E-state index is 0.322. The van der Waals surface area contributed by atoms with Gasteiger partial charge in [0.25, 0.3) is 0 Å². The summed E-state index contributed by atoms with van der Waals surface area (Å²) in [5.41, 5.74) is 7.07. The number of nitrogens with zero attached hydrogens (tertiary/aromatic N) is 2. The first-order chi connectivity index (χ1) is 9.24. The summed E-state index contributed by atoms with van der Waals surface area (Å²) in [6.45, 7) is 3.03. The normalized spacial score (nSPS) is 20.8. The van der Waals surface area contributed by atoms with E-state index in [0.29, 0.717) is 6.04 Å². The number of likely N-dealkylation sites (tertiary alicyclic amines) is 1. The van der Waals surface area contributed by atoms with E-state index in [0.717, 1.165) is 42.3 Å². The summed E-state index contributed by atoms with van der Waals surface area (Å²) in [4.78, 5) is 7.09. The van der Waals surface area contributed by atoms with Crippen LogP contribution in [-0.4, -0.2) is 36.1 Å². The van der Waals surface area contributed by atoms with Gasteiger partial charge in [0.05, 0.1) is 23.9 Å². The van der Waals surface area contributed by atoms with Crippen molar-refractivity contribution < 1.29 is 4.74 Å². The molecule has 1 aliphatic heterocycles. The van der Waals surface area contributed by atoms with Gasteiger partial charge in [-0.25, -0.2) is 4.98 Å². The number of hydrogen-bond acceptors (Lipinski definition) is 5. The summed E-state index contributed by atoms with van der Waals surface area (Å²) in [7, 11) is 1.69. The lowest BCUT2D eigenvalue weighted by Gasteiger charge is -2.29. The molecule has 1 atom stereocenters. The molecule has 102 valence electrons. The molecule has 1 fully saturated rings. The Labute approximate surface area is 117 Å². The molecule has 0 aliphatic carbocycles. The van der Waals surface area contributed by atoms with Crippen molar-refractivity contribution in [2.75, 3.05) is 20.2 Å². The van der Waals surface area contributed by atoms with Gasteiger partial charge in [-0.1, -0.05) is 0 Å². The summed E-state index contributed by atoms with van der Waals surface area (Å²) in [5.74, 6) is 0.891. The number of ether oxygens (including phenoxy) is 1. The molecule has 4 nitrogen and oxygen atoms in total. The molecule has 2 aromatic rings. The maximum atomic E-state index is 6.02. The molecule has 0 saturated carbocycles. The molecular formula is C14H19N3OS. The van der Waals surface area contributed by atoms with Crippen LogP contribution in [0.1, 0.15) is 17.8 Å². The largest absolute Gasteiger partial charge is 0.497 e. The maximum absolute atomic E-state index is 6.02. The van der Waals surface area contributed by atoms with E-state index in [4.69, 9.17) is 10.5 Å². The molecule has 1 aliphatic rings. The number of hydrogen-bond donors (Lipinski definition) is 1. The topological polar surface area (TPSA) is 51.4 Å². The van der Waals surface area contributed by atoms with Gasteiger partial charge in [-0.15, -0.1) is 11.3 Å². The van der Waals surface area contributed by atoms with Crippen molar-refractivity contribution in [1.29, 1.82) is 0 Å². The molecule has 0 bridgehead atoms. The first-order valence-electron chi connectivity index (χ1n) is 6.66. The van der Waals surface area contributed by atoms with Crippen LogP contribution in [0.15, 0.2) is 18.2 Å². The Bertz CT molecular complexity index is 569. The van der Waals surface area contributed by atoms with Crippen LogP contribution in [0.3, 0.4) is 0 Å². The molecule has 1 aromatic carbocycles. The Morgan fingerprint density at radius 3 is 3.21 bits per heavy atom. The molecule has 5 heteroatoms.